The molecular weight excluding hydrogens is 264 g/mol. The number of rotatable bonds is 4. The highest BCUT2D eigenvalue weighted by Crippen LogP contribution is 2.29. The van der Waals surface area contributed by atoms with Gasteiger partial charge in [-0.05, 0) is 18.6 Å². The first-order chi connectivity index (χ1) is 9.08. The molecule has 1 atom stereocenters. The van der Waals surface area contributed by atoms with E-state index in [0.29, 0.717) is 5.56 Å². The molecule has 1 unspecified atom stereocenters. The lowest BCUT2D eigenvalue weighted by molar-refractivity contribution is -0.129. The van der Waals surface area contributed by atoms with Gasteiger partial charge in [-0.15, -0.1) is 0 Å². The maximum absolute atomic E-state index is 13.4. The van der Waals surface area contributed by atoms with Gasteiger partial charge < -0.3 is 10.4 Å². The van der Waals surface area contributed by atoms with Crippen LogP contribution in [-0.4, -0.2) is 17.6 Å². The van der Waals surface area contributed by atoms with Crippen molar-refractivity contribution in [2.24, 2.45) is 5.41 Å². The lowest BCUT2D eigenvalue weighted by atomic mass is 9.94. The van der Waals surface area contributed by atoms with Gasteiger partial charge in [-0.3, -0.25) is 4.79 Å². The smallest absolute Gasteiger partial charge is 0.295 e. The molecule has 2 N–H and O–H groups in total. The van der Waals surface area contributed by atoms with Crippen LogP contribution in [0.1, 0.15) is 44.9 Å². The topological polar surface area (TPSA) is 49.3 Å². The second-order valence-electron chi connectivity index (χ2n) is 5.93. The van der Waals surface area contributed by atoms with E-state index in [9.17, 15) is 13.6 Å². The second-order valence-corrected chi connectivity index (χ2v) is 5.93. The number of hydrogen-bond acceptors (Lipinski definition) is 2. The Morgan fingerprint density at radius 1 is 1.35 bits per heavy atom. The van der Waals surface area contributed by atoms with Crippen molar-refractivity contribution in [2.45, 2.75) is 39.7 Å². The van der Waals surface area contributed by atoms with Crippen molar-refractivity contribution < 1.29 is 18.7 Å². The first kappa shape index (κ1) is 16.6. The first-order valence-corrected chi connectivity index (χ1v) is 6.48. The van der Waals surface area contributed by atoms with Gasteiger partial charge in [0.1, 0.15) is 6.61 Å². The van der Waals surface area contributed by atoms with Crippen molar-refractivity contribution in [2.75, 3.05) is 6.61 Å². The molecule has 1 aromatic rings. The molecule has 112 valence electrons. The van der Waals surface area contributed by atoms with E-state index in [-0.39, 0.29) is 17.5 Å². The maximum atomic E-state index is 13.4. The molecule has 1 amide bonds. The van der Waals surface area contributed by atoms with Crippen molar-refractivity contribution in [1.29, 1.82) is 0 Å². The molecule has 0 fully saturated rings. The minimum atomic E-state index is -3.27. The van der Waals surface area contributed by atoms with Crippen molar-refractivity contribution in [3.63, 3.8) is 0 Å². The Kier molecular flexibility index (Phi) is 4.86. The SMILES string of the molecule is CC(NC(=O)C(C)(C)C)c1cccc(C(F)(F)CO)c1. The first-order valence-electron chi connectivity index (χ1n) is 6.48. The summed E-state index contributed by atoms with van der Waals surface area (Å²) in [4.78, 5) is 11.9. The Bertz CT molecular complexity index is 481. The Hall–Kier alpha value is -1.49. The molecule has 5 heteroatoms. The molecule has 0 aromatic heterocycles. The molecule has 0 spiro atoms. The van der Waals surface area contributed by atoms with E-state index >= 15 is 0 Å². The van der Waals surface area contributed by atoms with E-state index in [2.05, 4.69) is 5.32 Å². The monoisotopic (exact) mass is 285 g/mol. The van der Waals surface area contributed by atoms with Crippen LogP contribution in [0, 0.1) is 5.41 Å². The molecule has 0 radical (unpaired) electrons. The van der Waals surface area contributed by atoms with Gasteiger partial charge in [-0.25, -0.2) is 0 Å². The van der Waals surface area contributed by atoms with Crippen molar-refractivity contribution in [1.82, 2.24) is 5.32 Å². The lowest BCUT2D eigenvalue weighted by Crippen LogP contribution is -2.36. The van der Waals surface area contributed by atoms with Crippen LogP contribution in [0.3, 0.4) is 0 Å². The zero-order valence-corrected chi connectivity index (χ0v) is 12.2. The van der Waals surface area contributed by atoms with E-state index in [1.165, 1.54) is 18.2 Å². The fraction of sp³-hybridized carbons (Fsp3) is 0.533. The van der Waals surface area contributed by atoms with Gasteiger partial charge in [0.2, 0.25) is 5.91 Å². The average molecular weight is 285 g/mol. The van der Waals surface area contributed by atoms with Crippen LogP contribution in [0.2, 0.25) is 0 Å². The summed E-state index contributed by atoms with van der Waals surface area (Å²) in [6.45, 7) is 5.85. The Morgan fingerprint density at radius 3 is 2.45 bits per heavy atom. The Balaban J connectivity index is 2.93. The summed E-state index contributed by atoms with van der Waals surface area (Å²) in [7, 11) is 0. The lowest BCUT2D eigenvalue weighted by Gasteiger charge is -2.23. The molecule has 1 rings (SSSR count). The summed E-state index contributed by atoms with van der Waals surface area (Å²) in [5.74, 6) is -3.42. The fourth-order valence-electron chi connectivity index (χ4n) is 1.62. The van der Waals surface area contributed by atoms with E-state index in [0.717, 1.165) is 0 Å². The van der Waals surface area contributed by atoms with Crippen LogP contribution in [-0.2, 0) is 10.7 Å². The number of carbonyl (C=O) groups is 1. The molecule has 0 saturated carbocycles. The van der Waals surface area contributed by atoms with Crippen molar-refractivity contribution in [3.05, 3.63) is 35.4 Å². The quantitative estimate of drug-likeness (QED) is 0.893. The highest BCUT2D eigenvalue weighted by Gasteiger charge is 2.31. The molecule has 3 nitrogen and oxygen atoms in total. The maximum Gasteiger partial charge on any atom is 0.295 e. The number of aliphatic hydroxyl groups excluding tert-OH is 1. The van der Waals surface area contributed by atoms with E-state index in [1.807, 2.05) is 0 Å². The molecule has 0 saturated heterocycles. The second kappa shape index (κ2) is 5.87. The van der Waals surface area contributed by atoms with Gasteiger partial charge in [0.15, 0.2) is 0 Å². The molecule has 0 heterocycles. The Morgan fingerprint density at radius 2 is 1.95 bits per heavy atom. The number of amides is 1. The fourth-order valence-corrected chi connectivity index (χ4v) is 1.62. The third-order valence-electron chi connectivity index (χ3n) is 3.04. The number of hydrogen-bond donors (Lipinski definition) is 2. The van der Waals surface area contributed by atoms with E-state index in [4.69, 9.17) is 5.11 Å². The highest BCUT2D eigenvalue weighted by atomic mass is 19.3. The van der Waals surface area contributed by atoms with Gasteiger partial charge in [-0.1, -0.05) is 39.0 Å². The van der Waals surface area contributed by atoms with Crippen molar-refractivity contribution >= 4 is 5.91 Å². The largest absolute Gasteiger partial charge is 0.390 e. The third kappa shape index (κ3) is 4.00. The number of alkyl halides is 2. The molecule has 0 aliphatic rings. The molecule has 0 aliphatic carbocycles. The van der Waals surface area contributed by atoms with E-state index < -0.39 is 17.9 Å². The summed E-state index contributed by atoms with van der Waals surface area (Å²) in [6, 6.07) is 5.36. The summed E-state index contributed by atoms with van der Waals surface area (Å²) in [5, 5.41) is 11.5. The number of carbonyl (C=O) groups excluding carboxylic acids is 1. The van der Waals surface area contributed by atoms with Gasteiger partial charge in [-0.2, -0.15) is 8.78 Å². The standard InChI is InChI=1S/C15H21F2NO2/c1-10(18-13(20)14(2,3)4)11-6-5-7-12(8-11)15(16,17)9-19/h5-8,10,19H,9H2,1-4H3,(H,18,20). The summed E-state index contributed by atoms with van der Waals surface area (Å²) in [5.41, 5.74) is -0.219. The van der Waals surface area contributed by atoms with Gasteiger partial charge >= 0.3 is 0 Å². The molecule has 0 aliphatic heterocycles. The van der Waals surface area contributed by atoms with Crippen LogP contribution in [0.4, 0.5) is 8.78 Å². The minimum Gasteiger partial charge on any atom is -0.390 e. The predicted octanol–water partition coefficient (Wildman–Crippen LogP) is 2.99. The van der Waals surface area contributed by atoms with Crippen LogP contribution in [0.25, 0.3) is 0 Å². The van der Waals surface area contributed by atoms with Gasteiger partial charge in [0, 0.05) is 11.0 Å². The zero-order valence-electron chi connectivity index (χ0n) is 12.2. The number of benzene rings is 1. The zero-order chi connectivity index (χ0) is 15.6. The van der Waals surface area contributed by atoms with Crippen LogP contribution in [0.5, 0.6) is 0 Å². The number of halogens is 2. The number of nitrogens with one attached hydrogen (secondary N) is 1. The third-order valence-corrected chi connectivity index (χ3v) is 3.04. The number of aliphatic hydroxyl groups is 1. The molecule has 20 heavy (non-hydrogen) atoms. The van der Waals surface area contributed by atoms with Crippen LogP contribution in [0.15, 0.2) is 24.3 Å². The predicted molar refractivity (Wildman–Crippen MR) is 73.4 cm³/mol. The van der Waals surface area contributed by atoms with Gasteiger partial charge in [0.05, 0.1) is 6.04 Å². The average Bonchev–Trinajstić information content (AvgIpc) is 2.37. The summed E-state index contributed by atoms with van der Waals surface area (Å²) in [6.07, 6.45) is 0. The Labute approximate surface area is 118 Å². The summed E-state index contributed by atoms with van der Waals surface area (Å²) < 4.78 is 26.9. The van der Waals surface area contributed by atoms with Gasteiger partial charge in [0.25, 0.3) is 5.92 Å². The molecule has 0 bridgehead atoms. The van der Waals surface area contributed by atoms with Crippen molar-refractivity contribution in [3.8, 4) is 0 Å². The van der Waals surface area contributed by atoms with Crippen LogP contribution >= 0.6 is 0 Å². The molecular formula is C15H21F2NO2. The minimum absolute atomic E-state index is 0.149. The highest BCUT2D eigenvalue weighted by molar-refractivity contribution is 5.81. The summed E-state index contributed by atoms with van der Waals surface area (Å²) >= 11 is 0. The van der Waals surface area contributed by atoms with Crippen LogP contribution < -0.4 is 5.32 Å². The molecule has 1 aromatic carbocycles. The normalized spacial score (nSPS) is 13.9. The van der Waals surface area contributed by atoms with E-state index in [1.54, 1.807) is 33.8 Å².